The number of non-ortho nitro benzene ring substituents is 1. The number of benzene rings is 2. The number of ether oxygens (including phenoxy) is 2. The average Bonchev–Trinajstić information content (AvgIpc) is 2.64. The van der Waals surface area contributed by atoms with Crippen LogP contribution in [0.2, 0.25) is 0 Å². The van der Waals surface area contributed by atoms with Crippen LogP contribution in [-0.2, 0) is 20.9 Å². The van der Waals surface area contributed by atoms with Crippen LogP contribution in [0.15, 0.2) is 54.6 Å². The number of hydrogen-bond donors (Lipinski definition) is 0. The van der Waals surface area contributed by atoms with Gasteiger partial charge in [-0.05, 0) is 41.5 Å². The zero-order valence-electron chi connectivity index (χ0n) is 13.4. The average molecular weight is 341 g/mol. The summed E-state index contributed by atoms with van der Waals surface area (Å²) < 4.78 is 9.69. The lowest BCUT2D eigenvalue weighted by Crippen LogP contribution is -2.03. The minimum Gasteiger partial charge on any atom is -0.465 e. The van der Waals surface area contributed by atoms with Crippen molar-refractivity contribution in [1.82, 2.24) is 0 Å². The van der Waals surface area contributed by atoms with Gasteiger partial charge in [0.15, 0.2) is 0 Å². The number of nitro groups is 1. The highest BCUT2D eigenvalue weighted by Crippen LogP contribution is 2.13. The third kappa shape index (κ3) is 5.28. The Balaban J connectivity index is 1.87. The van der Waals surface area contributed by atoms with Crippen LogP contribution < -0.4 is 0 Å². The van der Waals surface area contributed by atoms with Gasteiger partial charge in [0, 0.05) is 18.2 Å². The molecule has 0 aliphatic carbocycles. The summed E-state index contributed by atoms with van der Waals surface area (Å²) in [6, 6.07) is 12.3. The van der Waals surface area contributed by atoms with Crippen LogP contribution >= 0.6 is 0 Å². The van der Waals surface area contributed by atoms with E-state index in [0.717, 1.165) is 5.56 Å². The molecule has 0 aromatic heterocycles. The smallest absolute Gasteiger partial charge is 0.337 e. The van der Waals surface area contributed by atoms with Crippen LogP contribution in [0.4, 0.5) is 5.69 Å². The second-order valence-corrected chi connectivity index (χ2v) is 4.98. The molecule has 25 heavy (non-hydrogen) atoms. The summed E-state index contributed by atoms with van der Waals surface area (Å²) in [5.41, 5.74) is 1.76. The molecule has 2 rings (SSSR count). The van der Waals surface area contributed by atoms with Crippen molar-refractivity contribution in [3.63, 3.8) is 0 Å². The van der Waals surface area contributed by atoms with Gasteiger partial charge in [0.05, 0.1) is 17.6 Å². The van der Waals surface area contributed by atoms with Crippen LogP contribution in [-0.4, -0.2) is 24.0 Å². The summed E-state index contributed by atoms with van der Waals surface area (Å²) in [5, 5.41) is 10.6. The molecular formula is C18H15NO6. The third-order valence-electron chi connectivity index (χ3n) is 3.27. The van der Waals surface area contributed by atoms with Gasteiger partial charge < -0.3 is 9.47 Å². The molecule has 0 heterocycles. The molecule has 0 atom stereocenters. The van der Waals surface area contributed by atoms with Crippen molar-refractivity contribution in [3.8, 4) is 0 Å². The van der Waals surface area contributed by atoms with E-state index in [4.69, 9.17) is 4.74 Å². The predicted molar refractivity (Wildman–Crippen MR) is 89.7 cm³/mol. The topological polar surface area (TPSA) is 95.7 Å². The number of nitrogens with zero attached hydrogens (tertiary/aromatic N) is 1. The van der Waals surface area contributed by atoms with Gasteiger partial charge in [-0.2, -0.15) is 0 Å². The van der Waals surface area contributed by atoms with E-state index in [9.17, 15) is 19.7 Å². The van der Waals surface area contributed by atoms with Crippen LogP contribution in [0.25, 0.3) is 6.08 Å². The highest BCUT2D eigenvalue weighted by molar-refractivity contribution is 5.89. The molecule has 128 valence electrons. The summed E-state index contributed by atoms with van der Waals surface area (Å²) in [4.78, 5) is 33.1. The normalized spacial score (nSPS) is 10.4. The Labute approximate surface area is 143 Å². The Bertz CT molecular complexity index is 793. The third-order valence-corrected chi connectivity index (χ3v) is 3.27. The van der Waals surface area contributed by atoms with Crippen LogP contribution in [0.3, 0.4) is 0 Å². The first-order valence-electron chi connectivity index (χ1n) is 7.26. The molecule has 0 unspecified atom stereocenters. The molecule has 0 spiro atoms. The first kappa shape index (κ1) is 17.9. The van der Waals surface area contributed by atoms with Crippen LogP contribution in [0, 0.1) is 10.1 Å². The quantitative estimate of drug-likeness (QED) is 0.347. The summed E-state index contributed by atoms with van der Waals surface area (Å²) in [7, 11) is 1.30. The molecule has 0 aliphatic heterocycles. The Kier molecular flexibility index (Phi) is 6.00. The molecule has 0 fully saturated rings. The molecule has 7 heteroatoms. The molecule has 2 aromatic rings. The maximum Gasteiger partial charge on any atom is 0.337 e. The second-order valence-electron chi connectivity index (χ2n) is 4.98. The SMILES string of the molecule is COC(=O)c1ccc(COC(=O)/C=C/c2ccc([N+](=O)[O-])cc2)cc1. The monoisotopic (exact) mass is 341 g/mol. The van der Waals surface area contributed by atoms with E-state index in [2.05, 4.69) is 4.74 Å². The minimum absolute atomic E-state index is 0.0184. The van der Waals surface area contributed by atoms with E-state index in [1.165, 1.54) is 43.5 Å². The molecular weight excluding hydrogens is 326 g/mol. The number of esters is 2. The molecule has 0 amide bonds. The fraction of sp³-hybridized carbons (Fsp3) is 0.111. The lowest BCUT2D eigenvalue weighted by atomic mass is 10.1. The minimum atomic E-state index is -0.546. The van der Waals surface area contributed by atoms with Gasteiger partial charge in [0.2, 0.25) is 0 Å². The van der Waals surface area contributed by atoms with Crippen molar-refractivity contribution in [1.29, 1.82) is 0 Å². The van der Waals surface area contributed by atoms with Gasteiger partial charge in [-0.15, -0.1) is 0 Å². The van der Waals surface area contributed by atoms with Gasteiger partial charge in [-0.1, -0.05) is 12.1 Å². The van der Waals surface area contributed by atoms with Gasteiger partial charge in [0.25, 0.3) is 5.69 Å². The van der Waals surface area contributed by atoms with Crippen LogP contribution in [0.1, 0.15) is 21.5 Å². The fourth-order valence-electron chi connectivity index (χ4n) is 1.93. The van der Waals surface area contributed by atoms with E-state index in [1.807, 2.05) is 0 Å². The molecule has 0 bridgehead atoms. The first-order valence-corrected chi connectivity index (χ1v) is 7.26. The van der Waals surface area contributed by atoms with E-state index in [1.54, 1.807) is 24.3 Å². The fourth-order valence-corrected chi connectivity index (χ4v) is 1.93. The maximum atomic E-state index is 11.7. The molecule has 0 aliphatic rings. The van der Waals surface area contributed by atoms with Crippen molar-refractivity contribution >= 4 is 23.7 Å². The molecule has 2 aromatic carbocycles. The number of hydrogen-bond acceptors (Lipinski definition) is 6. The highest BCUT2D eigenvalue weighted by atomic mass is 16.6. The number of nitro benzene ring substituents is 1. The lowest BCUT2D eigenvalue weighted by Gasteiger charge is -2.04. The largest absolute Gasteiger partial charge is 0.465 e. The number of methoxy groups -OCH3 is 1. The van der Waals surface area contributed by atoms with E-state index < -0.39 is 16.9 Å². The highest BCUT2D eigenvalue weighted by Gasteiger charge is 2.06. The van der Waals surface area contributed by atoms with Crippen molar-refractivity contribution in [2.75, 3.05) is 7.11 Å². The first-order chi connectivity index (χ1) is 12.0. The van der Waals surface area contributed by atoms with Crippen molar-refractivity contribution in [3.05, 3.63) is 81.4 Å². The summed E-state index contributed by atoms with van der Waals surface area (Å²) >= 11 is 0. The van der Waals surface area contributed by atoms with E-state index in [0.29, 0.717) is 11.1 Å². The van der Waals surface area contributed by atoms with Gasteiger partial charge in [0.1, 0.15) is 6.61 Å². The molecule has 0 N–H and O–H groups in total. The molecule has 7 nitrogen and oxygen atoms in total. The number of rotatable bonds is 6. The summed E-state index contributed by atoms with van der Waals surface area (Å²) in [6.07, 6.45) is 2.75. The zero-order chi connectivity index (χ0) is 18.2. The van der Waals surface area contributed by atoms with Gasteiger partial charge in [-0.25, -0.2) is 9.59 Å². The van der Waals surface area contributed by atoms with Gasteiger partial charge >= 0.3 is 11.9 Å². The predicted octanol–water partition coefficient (Wildman–Crippen LogP) is 3.14. The molecule has 0 saturated carbocycles. The van der Waals surface area contributed by atoms with E-state index in [-0.39, 0.29) is 12.3 Å². The summed E-state index contributed by atoms with van der Waals surface area (Å²) in [5.74, 6) is -0.982. The lowest BCUT2D eigenvalue weighted by molar-refractivity contribution is -0.384. The standard InChI is InChI=1S/C18H15NO6/c1-24-18(21)15-7-2-14(3-8-15)12-25-17(20)11-6-13-4-9-16(10-5-13)19(22)23/h2-11H,12H2,1H3/b11-6+. The van der Waals surface area contributed by atoms with Gasteiger partial charge in [-0.3, -0.25) is 10.1 Å². The van der Waals surface area contributed by atoms with Crippen molar-refractivity contribution < 1.29 is 24.0 Å². The van der Waals surface area contributed by atoms with Crippen molar-refractivity contribution in [2.45, 2.75) is 6.61 Å². The molecule has 0 radical (unpaired) electrons. The number of carbonyl (C=O) groups is 2. The maximum absolute atomic E-state index is 11.7. The Morgan fingerprint density at radius 2 is 1.72 bits per heavy atom. The Morgan fingerprint density at radius 1 is 1.08 bits per heavy atom. The summed E-state index contributed by atoms with van der Waals surface area (Å²) in [6.45, 7) is 0.0604. The van der Waals surface area contributed by atoms with Crippen molar-refractivity contribution in [2.24, 2.45) is 0 Å². The molecule has 0 saturated heterocycles. The van der Waals surface area contributed by atoms with Crippen LogP contribution in [0.5, 0.6) is 0 Å². The Hall–Kier alpha value is -3.48. The van der Waals surface area contributed by atoms with E-state index >= 15 is 0 Å². The number of carbonyl (C=O) groups excluding carboxylic acids is 2. The second kappa shape index (κ2) is 8.39. The zero-order valence-corrected chi connectivity index (χ0v) is 13.4. The Morgan fingerprint density at radius 3 is 2.28 bits per heavy atom.